The zero-order chi connectivity index (χ0) is 19.2. The van der Waals surface area contributed by atoms with E-state index in [1.54, 1.807) is 0 Å². The van der Waals surface area contributed by atoms with Crippen molar-refractivity contribution in [2.24, 2.45) is 0 Å². The van der Waals surface area contributed by atoms with Gasteiger partial charge in [0.15, 0.2) is 0 Å². The van der Waals surface area contributed by atoms with Crippen LogP contribution in [-0.2, 0) is 10.9 Å². The second kappa shape index (κ2) is 8.24. The molecule has 0 aliphatic carbocycles. The number of rotatable bonds is 4. The molecule has 0 aliphatic heterocycles. The summed E-state index contributed by atoms with van der Waals surface area (Å²) in [6.45, 7) is 11.2. The van der Waals surface area contributed by atoms with Gasteiger partial charge in [-0.2, -0.15) is 0 Å². The van der Waals surface area contributed by atoms with E-state index in [0.717, 1.165) is 6.42 Å². The molecule has 134 valence electrons. The SMILES string of the molecule is BC(P)(c1cc(C)c(C)c(CC)c1)c1cc(C)c(C)c(C(I)(I)I)c1. The fourth-order valence-electron chi connectivity index (χ4n) is 3.22. The van der Waals surface area contributed by atoms with Gasteiger partial charge in [0.05, 0.1) is 0 Å². The minimum atomic E-state index is -0.0925. The predicted octanol–water partition coefficient (Wildman–Crippen LogP) is 6.61. The molecule has 0 spiro atoms. The Balaban J connectivity index is 2.69. The van der Waals surface area contributed by atoms with Crippen LogP contribution in [0.25, 0.3) is 0 Å². The van der Waals surface area contributed by atoms with Crippen molar-refractivity contribution in [3.8, 4) is 0 Å². The summed E-state index contributed by atoms with van der Waals surface area (Å²) in [6.07, 6.45) is 1.08. The lowest BCUT2D eigenvalue weighted by Gasteiger charge is -2.30. The Hall–Kier alpha value is 1.12. The minimum Gasteiger partial charge on any atom is -0.131 e. The van der Waals surface area contributed by atoms with Gasteiger partial charge in [-0.15, -0.1) is 9.24 Å². The van der Waals surface area contributed by atoms with E-state index in [1.807, 2.05) is 0 Å². The quantitative estimate of drug-likeness (QED) is 0.147. The van der Waals surface area contributed by atoms with Crippen molar-refractivity contribution in [3.05, 3.63) is 68.8 Å². The Kier molecular flexibility index (Phi) is 7.39. The van der Waals surface area contributed by atoms with E-state index >= 15 is 0 Å². The fourth-order valence-corrected chi connectivity index (χ4v) is 5.23. The van der Waals surface area contributed by atoms with Crippen LogP contribution in [0.2, 0.25) is 0 Å². The van der Waals surface area contributed by atoms with E-state index in [-0.39, 0.29) is 4.49 Å². The zero-order valence-electron chi connectivity index (χ0n) is 15.7. The molecule has 2 unspecified atom stereocenters. The molecule has 0 saturated heterocycles. The summed E-state index contributed by atoms with van der Waals surface area (Å²) >= 11 is 7.60. The van der Waals surface area contributed by atoms with Crippen LogP contribution in [-0.4, -0.2) is 7.85 Å². The van der Waals surface area contributed by atoms with Crippen molar-refractivity contribution in [2.75, 3.05) is 0 Å². The number of hydrogen-bond donors (Lipinski definition) is 0. The molecular weight excluding hydrogens is 663 g/mol. The maximum Gasteiger partial charge on any atom is 0.149 e. The van der Waals surface area contributed by atoms with Gasteiger partial charge in [-0.05, 0) is 146 Å². The fraction of sp³-hybridized carbons (Fsp3) is 0.400. The molecule has 0 radical (unpaired) electrons. The molecule has 0 aliphatic rings. The van der Waals surface area contributed by atoms with Gasteiger partial charge in [0.2, 0.25) is 0 Å². The lowest BCUT2D eigenvalue weighted by Crippen LogP contribution is -2.22. The largest absolute Gasteiger partial charge is 0.149 e. The van der Waals surface area contributed by atoms with Gasteiger partial charge >= 0.3 is 0 Å². The third-order valence-corrected chi connectivity index (χ3v) is 7.74. The molecule has 2 aromatic carbocycles. The molecule has 0 saturated carbocycles. The number of hydrogen-bond acceptors (Lipinski definition) is 0. The first kappa shape index (κ1) is 22.4. The van der Waals surface area contributed by atoms with Gasteiger partial charge in [0.1, 0.15) is 7.28 Å². The number of alkyl halides is 3. The van der Waals surface area contributed by atoms with Crippen molar-refractivity contribution in [1.82, 2.24) is 0 Å². The first-order valence-electron chi connectivity index (χ1n) is 8.48. The smallest absolute Gasteiger partial charge is 0.131 e. The van der Waals surface area contributed by atoms with Crippen molar-refractivity contribution < 1.29 is 0 Å². The van der Waals surface area contributed by atoms with Crippen molar-refractivity contribution in [1.29, 1.82) is 0 Å². The van der Waals surface area contributed by atoms with E-state index in [4.69, 9.17) is 0 Å². The summed E-state index contributed by atoms with van der Waals surface area (Å²) < 4.78 is 0.0661. The van der Waals surface area contributed by atoms with Gasteiger partial charge < -0.3 is 0 Å². The van der Waals surface area contributed by atoms with Crippen molar-refractivity contribution >= 4 is 84.9 Å². The van der Waals surface area contributed by atoms with Gasteiger partial charge in [0.25, 0.3) is 0 Å². The summed E-state index contributed by atoms with van der Waals surface area (Å²) in [5, 5.41) is -0.0925. The molecule has 0 fully saturated rings. The second-order valence-corrected chi connectivity index (χ2v) is 19.3. The summed E-state index contributed by atoms with van der Waals surface area (Å²) in [5.41, 5.74) is 11.2. The Labute approximate surface area is 197 Å². The summed E-state index contributed by atoms with van der Waals surface area (Å²) in [7, 11) is 5.45. The van der Waals surface area contributed by atoms with E-state index in [2.05, 4.69) is 144 Å². The van der Waals surface area contributed by atoms with Gasteiger partial charge in [-0.1, -0.05) is 31.2 Å². The third-order valence-electron chi connectivity index (χ3n) is 5.33. The number of halogens is 3. The molecule has 5 heteroatoms. The third kappa shape index (κ3) is 4.76. The Morgan fingerprint density at radius 2 is 1.36 bits per heavy atom. The van der Waals surface area contributed by atoms with Crippen molar-refractivity contribution in [2.45, 2.75) is 45.5 Å². The molecule has 2 aromatic rings. The molecule has 0 aromatic heterocycles. The molecule has 2 rings (SSSR count). The standard InChI is InChI=1S/C20H25BI3P/c1-6-15-9-16(7-11(2)13(15)4)19(21,25)17-8-12(3)14(5)18(10-17)20(22,23)24/h7-10H,6,21,25H2,1-5H3. The average molecular weight is 688 g/mol. The molecular formula is C20H25BI3P. The maximum absolute atomic E-state index is 3.12. The highest BCUT2D eigenvalue weighted by Gasteiger charge is 2.29. The summed E-state index contributed by atoms with van der Waals surface area (Å²) in [6, 6.07) is 9.53. The van der Waals surface area contributed by atoms with Crippen LogP contribution >= 0.6 is 77.0 Å². The minimum absolute atomic E-state index is 0.0661. The van der Waals surface area contributed by atoms with Crippen LogP contribution in [0.4, 0.5) is 0 Å². The van der Waals surface area contributed by atoms with E-state index in [0.29, 0.717) is 0 Å². The lowest BCUT2D eigenvalue weighted by atomic mass is 9.72. The van der Waals surface area contributed by atoms with Crippen LogP contribution in [0.15, 0.2) is 24.3 Å². The van der Waals surface area contributed by atoms with Crippen LogP contribution in [0, 0.1) is 27.7 Å². The highest BCUT2D eigenvalue weighted by molar-refractivity contribution is 14.3. The van der Waals surface area contributed by atoms with Gasteiger partial charge in [-0.25, -0.2) is 0 Å². The monoisotopic (exact) mass is 688 g/mol. The summed E-state index contributed by atoms with van der Waals surface area (Å²) in [4.78, 5) is 0. The normalized spacial score (nSPS) is 14.4. The molecule has 0 nitrogen and oxygen atoms in total. The van der Waals surface area contributed by atoms with Crippen LogP contribution in [0.3, 0.4) is 0 Å². The van der Waals surface area contributed by atoms with Crippen LogP contribution < -0.4 is 0 Å². The van der Waals surface area contributed by atoms with Gasteiger partial charge in [0, 0.05) is 5.06 Å². The Bertz CT molecular complexity index is 808. The van der Waals surface area contributed by atoms with E-state index < -0.39 is 0 Å². The highest BCUT2D eigenvalue weighted by Crippen LogP contribution is 2.49. The first-order chi connectivity index (χ1) is 11.4. The molecule has 0 N–H and O–H groups in total. The Morgan fingerprint density at radius 3 is 1.84 bits per heavy atom. The molecule has 0 bridgehead atoms. The molecule has 0 amide bonds. The van der Waals surface area contributed by atoms with Crippen LogP contribution in [0.5, 0.6) is 0 Å². The second-order valence-electron chi connectivity index (χ2n) is 7.10. The van der Waals surface area contributed by atoms with E-state index in [9.17, 15) is 0 Å². The maximum atomic E-state index is 3.12. The predicted molar refractivity (Wildman–Crippen MR) is 144 cm³/mol. The van der Waals surface area contributed by atoms with Crippen molar-refractivity contribution in [3.63, 3.8) is 0 Å². The highest BCUT2D eigenvalue weighted by atomic mass is 127. The topological polar surface area (TPSA) is 0 Å². The molecule has 0 heterocycles. The summed E-state index contributed by atoms with van der Waals surface area (Å²) in [5.74, 6) is 0. The zero-order valence-corrected chi connectivity index (χ0v) is 23.4. The number of benzene rings is 2. The molecule has 25 heavy (non-hydrogen) atoms. The van der Waals surface area contributed by atoms with E-state index in [1.165, 1.54) is 44.5 Å². The average Bonchev–Trinajstić information content (AvgIpc) is 2.50. The molecule has 2 atom stereocenters. The first-order valence-corrected chi connectivity index (χ1v) is 12.3. The Morgan fingerprint density at radius 1 is 0.880 bits per heavy atom. The lowest BCUT2D eigenvalue weighted by molar-refractivity contribution is 1.00. The van der Waals surface area contributed by atoms with Gasteiger partial charge in [-0.3, -0.25) is 0 Å². The number of aryl methyl sites for hydroxylation is 3. The van der Waals surface area contributed by atoms with Crippen LogP contribution in [0.1, 0.15) is 51.4 Å².